The van der Waals surface area contributed by atoms with Gasteiger partial charge in [0.05, 0.1) is 12.1 Å². The first-order chi connectivity index (χ1) is 9.67. The zero-order valence-corrected chi connectivity index (χ0v) is 12.6. The summed E-state index contributed by atoms with van der Waals surface area (Å²) in [5, 5.41) is 33.0. The number of amidine groups is 1. The monoisotopic (exact) mass is 304 g/mol. The van der Waals surface area contributed by atoms with Gasteiger partial charge in [0.15, 0.2) is 5.17 Å². The molecule has 2 heterocycles. The molecule has 0 aromatic heterocycles. The maximum absolute atomic E-state index is 10.2. The molecule has 0 aromatic rings. The van der Waals surface area contributed by atoms with Crippen molar-refractivity contribution >= 4 is 16.9 Å². The third kappa shape index (κ3) is 3.65. The lowest BCUT2D eigenvalue weighted by Gasteiger charge is -2.39. The largest absolute Gasteiger partial charge is 0.396 e. The second-order valence-corrected chi connectivity index (χ2v) is 6.31. The summed E-state index contributed by atoms with van der Waals surface area (Å²) < 4.78 is 5.88. The van der Waals surface area contributed by atoms with E-state index in [1.54, 1.807) is 0 Å². The van der Waals surface area contributed by atoms with E-state index in [-0.39, 0.29) is 24.2 Å². The summed E-state index contributed by atoms with van der Waals surface area (Å²) in [5.74, 6) is 0. The number of thioether (sulfide) groups is 1. The number of aliphatic hydroxyl groups excluding tert-OH is 3. The zero-order chi connectivity index (χ0) is 14.5. The van der Waals surface area contributed by atoms with Crippen molar-refractivity contribution in [1.29, 1.82) is 0 Å². The lowest BCUT2D eigenvalue weighted by Crippen LogP contribution is -2.58. The number of fused-ring (bicyclic) bond motifs is 1. The number of aliphatic hydroxyl groups is 3. The maximum atomic E-state index is 10.2. The highest BCUT2D eigenvalue weighted by atomic mass is 32.2. The van der Waals surface area contributed by atoms with E-state index in [4.69, 9.17) is 9.84 Å². The number of aliphatic imine (C=N–C) groups is 1. The molecule has 5 unspecified atom stereocenters. The number of rotatable bonds is 6. The number of hydrogen-bond acceptors (Lipinski definition) is 6. The van der Waals surface area contributed by atoms with Crippen LogP contribution in [0.25, 0.3) is 0 Å². The molecular weight excluding hydrogens is 280 g/mol. The molecule has 4 N–H and O–H groups in total. The average molecular weight is 304 g/mol. The number of unbranched alkanes of at least 4 members (excludes halogenated alkanes) is 1. The quantitative estimate of drug-likeness (QED) is 0.519. The van der Waals surface area contributed by atoms with Crippen molar-refractivity contribution in [3.05, 3.63) is 0 Å². The van der Waals surface area contributed by atoms with Crippen LogP contribution in [0.1, 0.15) is 32.6 Å². The Labute approximate surface area is 123 Å². The van der Waals surface area contributed by atoms with E-state index in [1.807, 2.05) is 0 Å². The van der Waals surface area contributed by atoms with Crippen LogP contribution in [0.3, 0.4) is 0 Å². The lowest BCUT2D eigenvalue weighted by molar-refractivity contribution is -0.158. The fourth-order valence-corrected chi connectivity index (χ4v) is 3.63. The molecule has 2 fully saturated rings. The Morgan fingerprint density at radius 3 is 2.80 bits per heavy atom. The van der Waals surface area contributed by atoms with Gasteiger partial charge in [-0.15, -0.1) is 0 Å². The van der Waals surface area contributed by atoms with Gasteiger partial charge >= 0.3 is 0 Å². The van der Waals surface area contributed by atoms with Gasteiger partial charge in [-0.2, -0.15) is 0 Å². The van der Waals surface area contributed by atoms with Crippen molar-refractivity contribution in [2.75, 3.05) is 13.2 Å². The van der Waals surface area contributed by atoms with Crippen LogP contribution in [0.5, 0.6) is 0 Å². The Morgan fingerprint density at radius 1 is 1.30 bits per heavy atom. The normalized spacial score (nSPS) is 38.8. The Kier molecular flexibility index (Phi) is 6.10. The third-order valence-corrected chi connectivity index (χ3v) is 4.70. The van der Waals surface area contributed by atoms with E-state index in [0.717, 1.165) is 24.6 Å². The first kappa shape index (κ1) is 16.0. The summed E-state index contributed by atoms with van der Waals surface area (Å²) in [6, 6.07) is -0.306. The van der Waals surface area contributed by atoms with Gasteiger partial charge in [0.2, 0.25) is 0 Å². The van der Waals surface area contributed by atoms with E-state index >= 15 is 0 Å². The highest BCUT2D eigenvalue weighted by Gasteiger charge is 2.48. The van der Waals surface area contributed by atoms with E-state index in [0.29, 0.717) is 12.8 Å². The van der Waals surface area contributed by atoms with Crippen LogP contribution < -0.4 is 5.32 Å². The van der Waals surface area contributed by atoms with E-state index < -0.39 is 12.2 Å². The second kappa shape index (κ2) is 7.61. The SMILES string of the molecule is CCCN=C1NC2C(OC(CCCCO)C(O)C2O)S1. The fraction of sp³-hybridized carbons (Fsp3) is 0.923. The highest BCUT2D eigenvalue weighted by molar-refractivity contribution is 8.14. The van der Waals surface area contributed by atoms with Gasteiger partial charge < -0.3 is 25.4 Å². The number of nitrogens with one attached hydrogen (secondary N) is 1. The van der Waals surface area contributed by atoms with Gasteiger partial charge in [-0.3, -0.25) is 4.99 Å². The predicted molar refractivity (Wildman–Crippen MR) is 78.7 cm³/mol. The molecule has 6 nitrogen and oxygen atoms in total. The molecule has 0 saturated carbocycles. The number of ether oxygens (including phenoxy) is 1. The van der Waals surface area contributed by atoms with Crippen LogP contribution in [-0.4, -0.2) is 63.4 Å². The highest BCUT2D eigenvalue weighted by Crippen LogP contribution is 2.35. The van der Waals surface area contributed by atoms with Crippen molar-refractivity contribution < 1.29 is 20.1 Å². The smallest absolute Gasteiger partial charge is 0.159 e. The van der Waals surface area contributed by atoms with Crippen LogP contribution in [0.15, 0.2) is 4.99 Å². The van der Waals surface area contributed by atoms with E-state index in [1.165, 1.54) is 11.8 Å². The van der Waals surface area contributed by atoms with Crippen LogP contribution in [-0.2, 0) is 4.74 Å². The molecule has 116 valence electrons. The van der Waals surface area contributed by atoms with Gasteiger partial charge in [-0.05, 0) is 25.7 Å². The van der Waals surface area contributed by atoms with Crippen molar-refractivity contribution in [1.82, 2.24) is 5.32 Å². The fourth-order valence-electron chi connectivity index (χ4n) is 2.46. The molecule has 0 radical (unpaired) electrons. The van der Waals surface area contributed by atoms with Crippen molar-refractivity contribution in [2.24, 2.45) is 4.99 Å². The van der Waals surface area contributed by atoms with Crippen LogP contribution in [0.4, 0.5) is 0 Å². The third-order valence-electron chi connectivity index (χ3n) is 3.59. The summed E-state index contributed by atoms with van der Waals surface area (Å²) in [5.41, 5.74) is -0.205. The predicted octanol–water partition coefficient (Wildman–Crippen LogP) is 0.0667. The molecule has 7 heteroatoms. The molecular formula is C13H24N2O4S. The molecule has 2 aliphatic rings. The average Bonchev–Trinajstić information content (AvgIpc) is 2.85. The van der Waals surface area contributed by atoms with E-state index in [9.17, 15) is 10.2 Å². The Morgan fingerprint density at radius 2 is 2.10 bits per heavy atom. The summed E-state index contributed by atoms with van der Waals surface area (Å²) >= 11 is 1.48. The minimum absolute atomic E-state index is 0.140. The Hall–Kier alpha value is -0.340. The van der Waals surface area contributed by atoms with Gasteiger partial charge in [0.25, 0.3) is 0 Å². The first-order valence-corrected chi connectivity index (χ1v) is 8.15. The Bertz CT molecular complexity index is 342. The minimum Gasteiger partial charge on any atom is -0.396 e. The molecule has 0 bridgehead atoms. The topological polar surface area (TPSA) is 94.3 Å². The lowest BCUT2D eigenvalue weighted by atomic mass is 9.95. The van der Waals surface area contributed by atoms with E-state index in [2.05, 4.69) is 17.2 Å². The zero-order valence-electron chi connectivity index (χ0n) is 11.7. The second-order valence-electron chi connectivity index (χ2n) is 5.22. The standard InChI is InChI=1S/C13H24N2O4S/c1-2-6-14-13-15-9-11(18)10(17)8(5-3-4-7-16)19-12(9)20-13/h8-12,16-18H,2-7H2,1H3,(H,14,15). The molecule has 0 aromatic carbocycles. The Balaban J connectivity index is 1.94. The molecule has 0 amide bonds. The summed E-state index contributed by atoms with van der Waals surface area (Å²) in [6.45, 7) is 2.94. The summed E-state index contributed by atoms with van der Waals surface area (Å²) in [4.78, 5) is 4.39. The molecule has 2 saturated heterocycles. The van der Waals surface area contributed by atoms with Gasteiger partial charge in [-0.25, -0.2) is 0 Å². The summed E-state index contributed by atoms with van der Waals surface area (Å²) in [7, 11) is 0. The van der Waals surface area contributed by atoms with Crippen molar-refractivity contribution in [3.8, 4) is 0 Å². The summed E-state index contributed by atoms with van der Waals surface area (Å²) in [6.07, 6.45) is 0.949. The van der Waals surface area contributed by atoms with Gasteiger partial charge in [-0.1, -0.05) is 18.7 Å². The number of nitrogens with zero attached hydrogens (tertiary/aromatic N) is 1. The van der Waals surface area contributed by atoms with Crippen LogP contribution >= 0.6 is 11.8 Å². The molecule has 0 spiro atoms. The minimum atomic E-state index is -0.895. The van der Waals surface area contributed by atoms with Crippen molar-refractivity contribution in [2.45, 2.75) is 62.4 Å². The van der Waals surface area contributed by atoms with Crippen molar-refractivity contribution in [3.63, 3.8) is 0 Å². The molecule has 2 rings (SSSR count). The number of hydrogen-bond donors (Lipinski definition) is 4. The molecule has 0 aliphatic carbocycles. The van der Waals surface area contributed by atoms with Crippen LogP contribution in [0, 0.1) is 0 Å². The molecule has 20 heavy (non-hydrogen) atoms. The maximum Gasteiger partial charge on any atom is 0.159 e. The van der Waals surface area contributed by atoms with Crippen LogP contribution in [0.2, 0.25) is 0 Å². The molecule has 5 atom stereocenters. The first-order valence-electron chi connectivity index (χ1n) is 7.27. The molecule has 2 aliphatic heterocycles. The van der Waals surface area contributed by atoms with Gasteiger partial charge in [0, 0.05) is 13.2 Å². The van der Waals surface area contributed by atoms with Gasteiger partial charge in [0.1, 0.15) is 17.6 Å².